The fourth-order valence-corrected chi connectivity index (χ4v) is 4.28. The predicted molar refractivity (Wildman–Crippen MR) is 152 cm³/mol. The topological polar surface area (TPSA) is 75.7 Å². The van der Waals surface area contributed by atoms with Gasteiger partial charge < -0.3 is 25.0 Å². The smallest absolute Gasteiger partial charge is 0.323 e. The number of rotatable bonds is 10. The maximum Gasteiger partial charge on any atom is 0.323 e. The molecule has 4 rings (SSSR count). The van der Waals surface area contributed by atoms with Crippen LogP contribution in [-0.2, 0) is 0 Å². The molecule has 9 heteroatoms. The van der Waals surface area contributed by atoms with E-state index in [1.165, 1.54) is 0 Å². The van der Waals surface area contributed by atoms with Crippen LogP contribution in [0.3, 0.4) is 0 Å². The highest BCUT2D eigenvalue weighted by Gasteiger charge is 2.10. The van der Waals surface area contributed by atoms with Gasteiger partial charge in [0.25, 0.3) is 0 Å². The molecule has 0 spiro atoms. The second-order valence-electron chi connectivity index (χ2n) is 8.26. The first-order chi connectivity index (χ1) is 18.0. The summed E-state index contributed by atoms with van der Waals surface area (Å²) in [4.78, 5) is 19.2. The standard InChI is InChI=1S/C28H28Cl2N4O3/c1-19-17-27(25-18-24(36-2)11-12-26(25)31-19)37-23-9-5-21(6-10-23)33-28(35)32-20-3-7-22(8-4-20)34(15-13-29)16-14-30/h3-12,17-18H,13-16H2,1-2H3,(H2,32,33,35). The number of nitrogens with zero attached hydrogens (tertiary/aromatic N) is 2. The van der Waals surface area contributed by atoms with Crippen molar-refractivity contribution in [2.45, 2.75) is 6.92 Å². The van der Waals surface area contributed by atoms with Gasteiger partial charge in [-0.1, -0.05) is 0 Å². The summed E-state index contributed by atoms with van der Waals surface area (Å²) in [7, 11) is 1.63. The van der Waals surface area contributed by atoms with Crippen molar-refractivity contribution in [1.29, 1.82) is 0 Å². The molecule has 0 saturated carbocycles. The first-order valence-corrected chi connectivity index (χ1v) is 12.8. The highest BCUT2D eigenvalue weighted by Crippen LogP contribution is 2.32. The molecule has 0 unspecified atom stereocenters. The number of ether oxygens (including phenoxy) is 2. The monoisotopic (exact) mass is 538 g/mol. The van der Waals surface area contributed by atoms with Crippen LogP contribution in [0.2, 0.25) is 0 Å². The summed E-state index contributed by atoms with van der Waals surface area (Å²) < 4.78 is 11.5. The number of carbonyl (C=O) groups excluding carboxylic acids is 1. The molecule has 37 heavy (non-hydrogen) atoms. The van der Waals surface area contributed by atoms with Gasteiger partial charge in [-0.05, 0) is 73.7 Å². The lowest BCUT2D eigenvalue weighted by molar-refractivity contribution is 0.262. The van der Waals surface area contributed by atoms with Crippen LogP contribution in [0.15, 0.2) is 72.8 Å². The number of halogens is 2. The Kier molecular flexibility index (Phi) is 8.93. The summed E-state index contributed by atoms with van der Waals surface area (Å²) in [5, 5.41) is 6.53. The Morgan fingerprint density at radius 2 is 1.46 bits per heavy atom. The van der Waals surface area contributed by atoms with Crippen molar-refractivity contribution < 1.29 is 14.3 Å². The van der Waals surface area contributed by atoms with E-state index in [9.17, 15) is 4.79 Å². The fraction of sp³-hybridized carbons (Fsp3) is 0.214. The molecule has 0 saturated heterocycles. The van der Waals surface area contributed by atoms with Gasteiger partial charge in [0.15, 0.2) is 0 Å². The second-order valence-corrected chi connectivity index (χ2v) is 9.02. The molecular formula is C28H28Cl2N4O3. The first kappa shape index (κ1) is 26.4. The molecule has 7 nitrogen and oxygen atoms in total. The van der Waals surface area contributed by atoms with Gasteiger partial charge in [0.2, 0.25) is 0 Å². The molecule has 2 N–H and O–H groups in total. The van der Waals surface area contributed by atoms with Crippen LogP contribution < -0.4 is 25.0 Å². The maximum atomic E-state index is 12.5. The lowest BCUT2D eigenvalue weighted by Crippen LogP contribution is -2.27. The number of urea groups is 1. The average molecular weight is 539 g/mol. The number of anilines is 3. The number of pyridine rings is 1. The lowest BCUT2D eigenvalue weighted by Gasteiger charge is -2.23. The van der Waals surface area contributed by atoms with Crippen LogP contribution in [0.25, 0.3) is 10.9 Å². The Bertz CT molecular complexity index is 1340. The highest BCUT2D eigenvalue weighted by molar-refractivity contribution is 6.18. The number of hydrogen-bond donors (Lipinski definition) is 2. The van der Waals surface area contributed by atoms with E-state index >= 15 is 0 Å². The van der Waals surface area contributed by atoms with Gasteiger partial charge in [-0.25, -0.2) is 4.79 Å². The van der Waals surface area contributed by atoms with Crippen molar-refractivity contribution in [3.63, 3.8) is 0 Å². The number of alkyl halides is 2. The van der Waals surface area contributed by atoms with Crippen LogP contribution in [0.5, 0.6) is 17.2 Å². The number of benzene rings is 3. The van der Waals surface area contributed by atoms with Crippen LogP contribution in [0.1, 0.15) is 5.69 Å². The van der Waals surface area contributed by atoms with Gasteiger partial charge >= 0.3 is 6.03 Å². The molecule has 1 heterocycles. The van der Waals surface area contributed by atoms with Gasteiger partial charge in [0.1, 0.15) is 17.2 Å². The number of carbonyl (C=O) groups is 1. The molecule has 0 aliphatic carbocycles. The zero-order valence-corrected chi connectivity index (χ0v) is 22.1. The SMILES string of the molecule is COc1ccc2nc(C)cc(Oc3ccc(NC(=O)Nc4ccc(N(CCCl)CCCl)cc4)cc3)c2c1. The Morgan fingerprint density at radius 3 is 2.05 bits per heavy atom. The predicted octanol–water partition coefficient (Wildman–Crippen LogP) is 7.27. The Morgan fingerprint density at radius 1 is 0.865 bits per heavy atom. The van der Waals surface area contributed by atoms with Crippen molar-refractivity contribution in [2.24, 2.45) is 0 Å². The summed E-state index contributed by atoms with van der Waals surface area (Å²) in [6.45, 7) is 3.32. The van der Waals surface area contributed by atoms with E-state index in [2.05, 4.69) is 20.5 Å². The van der Waals surface area contributed by atoms with Gasteiger partial charge in [0, 0.05) is 59.1 Å². The van der Waals surface area contributed by atoms with Gasteiger partial charge in [0.05, 0.1) is 12.6 Å². The van der Waals surface area contributed by atoms with E-state index in [1.54, 1.807) is 31.4 Å². The zero-order valence-electron chi connectivity index (χ0n) is 20.6. The molecule has 0 fully saturated rings. The molecule has 0 aliphatic rings. The number of nitrogens with one attached hydrogen (secondary N) is 2. The first-order valence-electron chi connectivity index (χ1n) is 11.8. The number of methoxy groups -OCH3 is 1. The number of fused-ring (bicyclic) bond motifs is 1. The normalized spacial score (nSPS) is 10.7. The number of aryl methyl sites for hydroxylation is 1. The Labute approximate surface area is 226 Å². The van der Waals surface area contributed by atoms with Crippen LogP contribution in [-0.4, -0.2) is 43.0 Å². The minimum absolute atomic E-state index is 0.345. The van der Waals surface area contributed by atoms with E-state index in [0.717, 1.165) is 28.0 Å². The van der Waals surface area contributed by atoms with Crippen LogP contribution in [0, 0.1) is 6.92 Å². The Balaban J connectivity index is 1.39. The molecular weight excluding hydrogens is 511 g/mol. The van der Waals surface area contributed by atoms with E-state index in [1.807, 2.05) is 55.5 Å². The molecule has 192 valence electrons. The van der Waals surface area contributed by atoms with E-state index in [0.29, 0.717) is 47.7 Å². The van der Waals surface area contributed by atoms with E-state index in [-0.39, 0.29) is 6.03 Å². The Hall–Kier alpha value is -3.68. The summed E-state index contributed by atoms with van der Waals surface area (Å²) in [6.07, 6.45) is 0. The van der Waals surface area contributed by atoms with Crippen molar-refractivity contribution in [3.8, 4) is 17.2 Å². The highest BCUT2D eigenvalue weighted by atomic mass is 35.5. The largest absolute Gasteiger partial charge is 0.497 e. The third-order valence-electron chi connectivity index (χ3n) is 5.65. The zero-order chi connectivity index (χ0) is 26.2. The van der Waals surface area contributed by atoms with E-state index < -0.39 is 0 Å². The molecule has 0 bridgehead atoms. The van der Waals surface area contributed by atoms with Crippen LogP contribution in [0.4, 0.5) is 21.9 Å². The number of hydrogen-bond acceptors (Lipinski definition) is 5. The molecule has 0 radical (unpaired) electrons. The van der Waals surface area contributed by atoms with Crippen molar-refractivity contribution in [2.75, 3.05) is 47.5 Å². The third kappa shape index (κ3) is 6.96. The molecule has 0 atom stereocenters. The van der Waals surface area contributed by atoms with Gasteiger partial charge in [-0.3, -0.25) is 4.98 Å². The average Bonchev–Trinajstić information content (AvgIpc) is 2.90. The third-order valence-corrected chi connectivity index (χ3v) is 5.98. The van der Waals surface area contributed by atoms with E-state index in [4.69, 9.17) is 32.7 Å². The van der Waals surface area contributed by atoms with Gasteiger partial charge in [-0.2, -0.15) is 0 Å². The van der Waals surface area contributed by atoms with Crippen molar-refractivity contribution in [3.05, 3.63) is 78.5 Å². The molecule has 1 aromatic heterocycles. The van der Waals surface area contributed by atoms with Gasteiger partial charge in [-0.15, -0.1) is 23.2 Å². The molecule has 0 aliphatic heterocycles. The maximum absolute atomic E-state index is 12.5. The lowest BCUT2D eigenvalue weighted by atomic mass is 10.1. The number of aromatic nitrogens is 1. The van der Waals surface area contributed by atoms with Crippen molar-refractivity contribution >= 4 is 57.2 Å². The summed E-state index contributed by atoms with van der Waals surface area (Å²) in [5.41, 5.74) is 3.98. The summed E-state index contributed by atoms with van der Waals surface area (Å²) >= 11 is 11.8. The molecule has 4 aromatic rings. The second kappa shape index (κ2) is 12.5. The fourth-order valence-electron chi connectivity index (χ4n) is 3.87. The van der Waals surface area contributed by atoms with Crippen molar-refractivity contribution in [1.82, 2.24) is 4.98 Å². The molecule has 2 amide bonds. The summed E-state index contributed by atoms with van der Waals surface area (Å²) in [5.74, 6) is 3.06. The molecule has 3 aromatic carbocycles. The number of amides is 2. The van der Waals surface area contributed by atoms with Crippen LogP contribution >= 0.6 is 23.2 Å². The summed E-state index contributed by atoms with van der Waals surface area (Å²) in [6, 6.07) is 21.9. The minimum Gasteiger partial charge on any atom is -0.497 e. The minimum atomic E-state index is -0.345. The quantitative estimate of drug-likeness (QED) is 0.207.